The van der Waals surface area contributed by atoms with Gasteiger partial charge >= 0.3 is 14.8 Å². The molecule has 11 rings (SSSR count). The number of benzene rings is 9. The van der Waals surface area contributed by atoms with E-state index in [9.17, 15) is 0 Å². The molecule has 547 valence electrons. The van der Waals surface area contributed by atoms with E-state index in [0.717, 1.165) is 0 Å². The highest BCUT2D eigenvalue weighted by Crippen LogP contribution is 2.38. The lowest BCUT2D eigenvalue weighted by Crippen LogP contribution is -2.41. The fourth-order valence-corrected chi connectivity index (χ4v) is 13.1. The molecule has 5 unspecified atom stereocenters. The van der Waals surface area contributed by atoms with E-state index in [1.165, 1.54) is 116 Å². The molecule has 2 aliphatic rings. The molecule has 6 heteroatoms. The van der Waals surface area contributed by atoms with Crippen LogP contribution in [0.5, 0.6) is 0 Å². The fourth-order valence-electron chi connectivity index (χ4n) is 13.1. The van der Waals surface area contributed by atoms with Crippen LogP contribution < -0.4 is 0 Å². The molecule has 2 heterocycles. The minimum Gasteiger partial charge on any atom is -0.405 e. The van der Waals surface area contributed by atoms with E-state index in [4.69, 9.17) is 18.6 Å². The smallest absolute Gasteiger partial charge is 0.405 e. The fraction of sp³-hybridized carbons (Fsp3) is 0.438. The molecule has 102 heavy (non-hydrogen) atoms. The third-order valence-corrected chi connectivity index (χ3v) is 21.6. The molecular formula is C96H133B2O4. The Labute approximate surface area is 625 Å². The van der Waals surface area contributed by atoms with Crippen molar-refractivity contribution in [2.45, 2.75) is 272 Å². The van der Waals surface area contributed by atoms with Crippen LogP contribution in [-0.2, 0) is 18.6 Å². The molecule has 0 saturated carbocycles. The van der Waals surface area contributed by atoms with E-state index >= 15 is 0 Å². The van der Waals surface area contributed by atoms with Gasteiger partial charge in [0.25, 0.3) is 0 Å². The average molecular weight is 1370 g/mol. The van der Waals surface area contributed by atoms with Crippen LogP contribution >= 0.6 is 0 Å². The first-order valence-electron chi connectivity index (χ1n) is 38.4. The quantitative estimate of drug-likeness (QED) is 0.0634. The Kier molecular flexibility index (Phi) is 39.3. The van der Waals surface area contributed by atoms with Crippen LogP contribution in [-0.4, -0.2) is 37.2 Å². The zero-order valence-corrected chi connectivity index (χ0v) is 65.8. The predicted octanol–water partition coefficient (Wildman–Crippen LogP) is 28.2. The molecular weight excluding hydrogens is 1240 g/mol. The summed E-state index contributed by atoms with van der Waals surface area (Å²) in [6.07, 6.45) is 11.0. The molecule has 0 N–H and O–H groups in total. The lowest BCUT2D eigenvalue weighted by molar-refractivity contribution is 0.00578. The average Bonchev–Trinajstić information content (AvgIpc) is 1.66. The van der Waals surface area contributed by atoms with Crippen molar-refractivity contribution in [1.29, 1.82) is 0 Å². The second-order valence-electron chi connectivity index (χ2n) is 30.1. The maximum absolute atomic E-state index is 5.54. The van der Waals surface area contributed by atoms with Gasteiger partial charge in [-0.2, -0.15) is 0 Å². The van der Waals surface area contributed by atoms with Crippen LogP contribution in [0.15, 0.2) is 273 Å². The summed E-state index contributed by atoms with van der Waals surface area (Å²) in [5, 5.41) is 0. The van der Waals surface area contributed by atoms with Crippen molar-refractivity contribution in [3.63, 3.8) is 0 Å². The first-order valence-corrected chi connectivity index (χ1v) is 38.4. The SMILES string of the molecule is C.CB1OC(C)(C)C(C)(C)O1.CC1(C)O[B]OC1(C)C.CCC(C)c1ccccc1.CCC(CC(C)c1ccccc1)c1ccccc1.CCC(CC(C)c1ccccc1)c1ccccc1.CC[C@@H](C[C@@H](C)c1ccccc1)c1ccccc1.CC[C@@H](C[C@H](C)c1ccccc1)c1ccccc1. The Morgan fingerprint density at radius 1 is 0.255 bits per heavy atom. The molecule has 4 nitrogen and oxygen atoms in total. The summed E-state index contributed by atoms with van der Waals surface area (Å²) < 4.78 is 21.5. The molecule has 1 radical (unpaired) electrons. The van der Waals surface area contributed by atoms with Crippen LogP contribution in [0.2, 0.25) is 6.82 Å². The highest BCUT2D eigenvalue weighted by atomic mass is 16.7. The summed E-state index contributed by atoms with van der Waals surface area (Å²) in [5.74, 6) is 5.87. The first kappa shape index (κ1) is 87.4. The van der Waals surface area contributed by atoms with E-state index in [1.54, 1.807) is 0 Å². The molecule has 0 aromatic heterocycles. The largest absolute Gasteiger partial charge is 0.488 e. The van der Waals surface area contributed by atoms with Crippen LogP contribution in [0, 0.1) is 0 Å². The van der Waals surface area contributed by atoms with E-state index in [0.29, 0.717) is 53.3 Å². The lowest BCUT2D eigenvalue weighted by atomic mass is 9.85. The molecule has 9 atom stereocenters. The van der Waals surface area contributed by atoms with Gasteiger partial charge in [0, 0.05) is 0 Å². The second-order valence-corrected chi connectivity index (χ2v) is 30.1. The van der Waals surface area contributed by atoms with E-state index in [2.05, 4.69) is 370 Å². The highest BCUT2D eigenvalue weighted by molar-refractivity contribution is 6.43. The van der Waals surface area contributed by atoms with Crippen molar-refractivity contribution >= 4 is 14.8 Å². The predicted molar refractivity (Wildman–Crippen MR) is 446 cm³/mol. The molecule has 0 bridgehead atoms. The third kappa shape index (κ3) is 29.6. The highest BCUT2D eigenvalue weighted by Gasteiger charge is 2.49. The number of hydrogen-bond acceptors (Lipinski definition) is 4. The van der Waals surface area contributed by atoms with Crippen LogP contribution in [0.4, 0.5) is 0 Å². The summed E-state index contributed by atoms with van der Waals surface area (Å²) in [4.78, 5) is 0. The maximum Gasteiger partial charge on any atom is 0.488 e. The van der Waals surface area contributed by atoms with Crippen molar-refractivity contribution in [3.05, 3.63) is 323 Å². The zero-order chi connectivity index (χ0) is 73.7. The topological polar surface area (TPSA) is 36.9 Å². The molecule has 0 amide bonds. The van der Waals surface area contributed by atoms with Gasteiger partial charge in [-0.15, -0.1) is 0 Å². The van der Waals surface area contributed by atoms with Crippen molar-refractivity contribution in [1.82, 2.24) is 0 Å². The summed E-state index contributed by atoms with van der Waals surface area (Å²) in [7, 11) is 1.35. The molecule has 2 fully saturated rings. The molecule has 9 aromatic carbocycles. The summed E-state index contributed by atoms with van der Waals surface area (Å²) >= 11 is 0. The second kappa shape index (κ2) is 45.9. The van der Waals surface area contributed by atoms with Gasteiger partial charge in [-0.25, -0.2) is 0 Å². The van der Waals surface area contributed by atoms with Crippen molar-refractivity contribution in [2.24, 2.45) is 0 Å². The van der Waals surface area contributed by atoms with Gasteiger partial charge in [0.2, 0.25) is 0 Å². The van der Waals surface area contributed by atoms with Crippen LogP contribution in [0.3, 0.4) is 0 Å². The Morgan fingerprint density at radius 2 is 0.422 bits per heavy atom. The Hall–Kier alpha value is -7.05. The van der Waals surface area contributed by atoms with Gasteiger partial charge in [0.15, 0.2) is 0 Å². The lowest BCUT2D eigenvalue weighted by Gasteiger charge is -2.32. The standard InChI is InChI=1S/4C18H22.C10H14.C7H15BO2.C6H12BO2.CH4/c4*1-3-16(18-12-8-5-9-13-18)14-15(2)17-10-6-4-7-11-17;1-3-9(2)10-7-5-4-6-8-10;1-6(2)7(3,4)10-8(5)9-6;1-5(2)6(3,4)9-7-8-5;/h4*4-13,15-16H,3,14H2,1-2H3;4-9H,3H2,1-2H3;1-5H3;1-4H3;1H4/t15-,16+;15-,16-;;;;;;/m10....../s1. The number of rotatable bonds is 22. The minimum absolute atomic E-state index is 0. The Morgan fingerprint density at radius 3 is 0.549 bits per heavy atom. The van der Waals surface area contributed by atoms with Crippen molar-refractivity contribution in [3.8, 4) is 0 Å². The zero-order valence-electron chi connectivity index (χ0n) is 65.8. The third-order valence-electron chi connectivity index (χ3n) is 21.6. The van der Waals surface area contributed by atoms with Crippen LogP contribution in [0.25, 0.3) is 0 Å². The van der Waals surface area contributed by atoms with Crippen molar-refractivity contribution < 1.29 is 18.6 Å². The van der Waals surface area contributed by atoms with Crippen molar-refractivity contribution in [2.75, 3.05) is 0 Å². The van der Waals surface area contributed by atoms with Gasteiger partial charge in [0.1, 0.15) is 0 Å². The van der Waals surface area contributed by atoms with Gasteiger partial charge in [0.05, 0.1) is 22.4 Å². The molecule has 9 aromatic rings. The van der Waals surface area contributed by atoms with Gasteiger partial charge in [-0.05, 0) is 223 Å². The Bertz CT molecular complexity index is 3110. The normalized spacial score (nSPS) is 16.7. The van der Waals surface area contributed by atoms with Gasteiger partial charge in [-0.1, -0.05) is 350 Å². The summed E-state index contributed by atoms with van der Waals surface area (Å²) in [5.41, 5.74) is 12.5. The first-order chi connectivity index (χ1) is 48.4. The van der Waals surface area contributed by atoms with Crippen LogP contribution in [0.1, 0.15) is 293 Å². The summed E-state index contributed by atoms with van der Waals surface area (Å²) in [6.45, 7) is 41.1. The number of hydrogen-bond donors (Lipinski definition) is 0. The van der Waals surface area contributed by atoms with E-state index < -0.39 is 0 Å². The van der Waals surface area contributed by atoms with E-state index in [-0.39, 0.29) is 36.9 Å². The minimum atomic E-state index is -0.188. The maximum atomic E-state index is 5.54. The molecule has 0 spiro atoms. The molecule has 2 aliphatic heterocycles. The van der Waals surface area contributed by atoms with Gasteiger partial charge in [-0.3, -0.25) is 0 Å². The monoisotopic (exact) mass is 1370 g/mol. The van der Waals surface area contributed by atoms with E-state index in [1.807, 2.05) is 34.5 Å². The molecule has 0 aliphatic carbocycles. The van der Waals surface area contributed by atoms with Gasteiger partial charge < -0.3 is 18.6 Å². The summed E-state index contributed by atoms with van der Waals surface area (Å²) in [6, 6.07) is 97.5. The molecule has 2 saturated heterocycles. The Balaban J connectivity index is 0.000000256.